The van der Waals surface area contributed by atoms with Crippen molar-refractivity contribution in [2.24, 2.45) is 5.92 Å². The van der Waals surface area contributed by atoms with Gasteiger partial charge in [0.1, 0.15) is 5.82 Å². The molecule has 1 saturated carbocycles. The highest BCUT2D eigenvalue weighted by atomic mass is 79.9. The number of nitrogens with one attached hydrogen (secondary N) is 1. The van der Waals surface area contributed by atoms with Crippen LogP contribution in [0.3, 0.4) is 0 Å². The molecule has 1 heterocycles. The lowest BCUT2D eigenvalue weighted by Crippen LogP contribution is -2.47. The van der Waals surface area contributed by atoms with Crippen LogP contribution in [0.2, 0.25) is 0 Å². The van der Waals surface area contributed by atoms with Crippen LogP contribution in [0.25, 0.3) is 0 Å². The van der Waals surface area contributed by atoms with Crippen molar-refractivity contribution in [1.29, 1.82) is 0 Å². The molecule has 0 aromatic heterocycles. The predicted octanol–water partition coefficient (Wildman–Crippen LogP) is 4.96. The number of piperazine rings is 1. The van der Waals surface area contributed by atoms with E-state index in [1.165, 1.54) is 32.1 Å². The third-order valence-corrected chi connectivity index (χ3v) is 5.55. The lowest BCUT2D eigenvalue weighted by molar-refractivity contribution is 0.100. The molecule has 2 nitrogen and oxygen atoms in total. The van der Waals surface area contributed by atoms with Crippen LogP contribution in [0.4, 0.5) is 4.39 Å². The predicted molar refractivity (Wildman–Crippen MR) is 102 cm³/mol. The Morgan fingerprint density at radius 1 is 1.09 bits per heavy atom. The van der Waals surface area contributed by atoms with Gasteiger partial charge in [0.05, 0.1) is 4.47 Å². The van der Waals surface area contributed by atoms with Crippen LogP contribution < -0.4 is 5.32 Å². The van der Waals surface area contributed by atoms with E-state index in [4.69, 9.17) is 0 Å². The van der Waals surface area contributed by atoms with Crippen molar-refractivity contribution >= 4 is 40.7 Å². The molecule has 3 rings (SSSR count). The Bertz CT molecular complexity index is 460. The number of hydrogen-bond acceptors (Lipinski definition) is 2. The molecule has 2 fully saturated rings. The van der Waals surface area contributed by atoms with E-state index in [0.29, 0.717) is 10.4 Å². The maximum Gasteiger partial charge on any atom is 0.142 e. The van der Waals surface area contributed by atoms with E-state index in [1.54, 1.807) is 6.07 Å². The summed E-state index contributed by atoms with van der Waals surface area (Å²) in [5.74, 6) is 0.534. The molecule has 2 aliphatic rings. The van der Waals surface area contributed by atoms with Crippen LogP contribution in [0.15, 0.2) is 22.7 Å². The fourth-order valence-corrected chi connectivity index (χ4v) is 4.29. The lowest BCUT2D eigenvalue weighted by atomic mass is 9.80. The van der Waals surface area contributed by atoms with Gasteiger partial charge in [-0.05, 0) is 40.8 Å². The Hall–Kier alpha value is 0.130. The van der Waals surface area contributed by atoms with E-state index in [9.17, 15) is 4.39 Å². The van der Waals surface area contributed by atoms with Gasteiger partial charge in [0, 0.05) is 37.8 Å². The zero-order valence-corrected chi connectivity index (χ0v) is 16.5. The Balaban J connectivity index is 0.00000132. The van der Waals surface area contributed by atoms with Crippen molar-refractivity contribution in [3.05, 3.63) is 34.1 Å². The molecule has 0 spiro atoms. The van der Waals surface area contributed by atoms with E-state index in [1.807, 2.05) is 12.1 Å². The molecule has 0 radical (unpaired) electrons. The Kier molecular flexibility index (Phi) is 9.39. The first-order valence-corrected chi connectivity index (χ1v) is 8.95. The summed E-state index contributed by atoms with van der Waals surface area (Å²) in [6.07, 6.45) is 6.40. The Morgan fingerprint density at radius 2 is 1.74 bits per heavy atom. The van der Waals surface area contributed by atoms with Crippen LogP contribution in [-0.2, 0) is 0 Å². The van der Waals surface area contributed by atoms with Crippen molar-refractivity contribution < 1.29 is 4.39 Å². The number of nitrogens with zero attached hydrogens (tertiary/aromatic N) is 1. The van der Waals surface area contributed by atoms with Crippen molar-refractivity contribution in [2.75, 3.05) is 26.2 Å². The summed E-state index contributed by atoms with van der Waals surface area (Å²) < 4.78 is 15.3. The highest BCUT2D eigenvalue weighted by Crippen LogP contribution is 2.40. The molecule has 1 saturated heterocycles. The number of hydrogen-bond donors (Lipinski definition) is 1. The molecule has 6 heteroatoms. The van der Waals surface area contributed by atoms with E-state index in [2.05, 4.69) is 26.1 Å². The topological polar surface area (TPSA) is 15.3 Å². The van der Waals surface area contributed by atoms with Crippen LogP contribution in [0.5, 0.6) is 0 Å². The first kappa shape index (κ1) is 21.2. The average Bonchev–Trinajstić information content (AvgIpc) is 2.54. The summed E-state index contributed by atoms with van der Waals surface area (Å²) in [5, 5.41) is 3.41. The van der Waals surface area contributed by atoms with E-state index in [-0.39, 0.29) is 36.7 Å². The van der Waals surface area contributed by atoms with Gasteiger partial charge in [-0.3, -0.25) is 4.90 Å². The van der Waals surface area contributed by atoms with Gasteiger partial charge in [0.15, 0.2) is 0 Å². The molecule has 132 valence electrons. The number of benzene rings is 1. The van der Waals surface area contributed by atoms with Crippen LogP contribution in [-0.4, -0.2) is 31.1 Å². The van der Waals surface area contributed by atoms with Crippen LogP contribution in [0.1, 0.15) is 43.7 Å². The number of rotatable bonds is 3. The minimum absolute atomic E-state index is 0. The van der Waals surface area contributed by atoms with Crippen molar-refractivity contribution in [2.45, 2.75) is 38.1 Å². The fourth-order valence-electron chi connectivity index (χ4n) is 3.91. The molecule has 0 unspecified atom stereocenters. The Labute approximate surface area is 159 Å². The summed E-state index contributed by atoms with van der Waals surface area (Å²) in [7, 11) is 0. The van der Waals surface area contributed by atoms with Crippen molar-refractivity contribution in [3.8, 4) is 0 Å². The Morgan fingerprint density at radius 3 is 2.39 bits per heavy atom. The lowest BCUT2D eigenvalue weighted by Gasteiger charge is -2.41. The van der Waals surface area contributed by atoms with Gasteiger partial charge in [-0.15, -0.1) is 24.8 Å². The molecule has 0 bridgehead atoms. The summed E-state index contributed by atoms with van der Waals surface area (Å²) in [6.45, 7) is 4.07. The van der Waals surface area contributed by atoms with Crippen LogP contribution in [0, 0.1) is 11.7 Å². The van der Waals surface area contributed by atoms with Gasteiger partial charge >= 0.3 is 0 Å². The normalized spacial score (nSPS) is 21.1. The second-order valence-corrected chi connectivity index (χ2v) is 7.13. The SMILES string of the molecule is Cl.Cl.Fc1c(Br)cccc1[C@@H](C1CCCCC1)N1CCNCC1. The molecule has 1 aliphatic carbocycles. The zero-order chi connectivity index (χ0) is 14.7. The van der Waals surface area contributed by atoms with E-state index in [0.717, 1.165) is 31.7 Å². The van der Waals surface area contributed by atoms with Crippen molar-refractivity contribution in [3.63, 3.8) is 0 Å². The van der Waals surface area contributed by atoms with Gasteiger partial charge < -0.3 is 5.32 Å². The molecule has 1 atom stereocenters. The molecule has 23 heavy (non-hydrogen) atoms. The molecular formula is C17H26BrCl2FN2. The first-order chi connectivity index (χ1) is 10.3. The second kappa shape index (κ2) is 10.2. The minimum Gasteiger partial charge on any atom is -0.314 e. The second-order valence-electron chi connectivity index (χ2n) is 6.27. The first-order valence-electron chi connectivity index (χ1n) is 8.16. The summed E-state index contributed by atoms with van der Waals surface area (Å²) in [4.78, 5) is 2.50. The molecule has 1 N–H and O–H groups in total. The zero-order valence-electron chi connectivity index (χ0n) is 13.3. The average molecular weight is 428 g/mol. The smallest absolute Gasteiger partial charge is 0.142 e. The molecule has 1 aromatic rings. The summed E-state index contributed by atoms with van der Waals surface area (Å²) in [5.41, 5.74) is 0.887. The monoisotopic (exact) mass is 426 g/mol. The van der Waals surface area contributed by atoms with E-state index < -0.39 is 0 Å². The maximum atomic E-state index is 14.7. The third-order valence-electron chi connectivity index (χ3n) is 4.94. The largest absolute Gasteiger partial charge is 0.314 e. The van der Waals surface area contributed by atoms with Crippen molar-refractivity contribution in [1.82, 2.24) is 10.2 Å². The molecular weight excluding hydrogens is 402 g/mol. The highest BCUT2D eigenvalue weighted by Gasteiger charge is 2.32. The van der Waals surface area contributed by atoms with Crippen LogP contribution >= 0.6 is 40.7 Å². The third kappa shape index (κ3) is 5.05. The highest BCUT2D eigenvalue weighted by molar-refractivity contribution is 9.10. The van der Waals surface area contributed by atoms with Gasteiger partial charge in [-0.2, -0.15) is 0 Å². The standard InChI is InChI=1S/C17H24BrFN2.2ClH/c18-15-8-4-7-14(16(15)19)17(13-5-2-1-3-6-13)21-11-9-20-10-12-21;;/h4,7-8,13,17,20H,1-3,5-6,9-12H2;2*1H/t17-;;/m1../s1. The summed E-state index contributed by atoms with van der Waals surface area (Å²) >= 11 is 3.36. The summed E-state index contributed by atoms with van der Waals surface area (Å²) in [6, 6.07) is 6.00. The fraction of sp³-hybridized carbons (Fsp3) is 0.647. The molecule has 0 amide bonds. The van der Waals surface area contributed by atoms with Gasteiger partial charge in [-0.1, -0.05) is 31.4 Å². The van der Waals surface area contributed by atoms with E-state index >= 15 is 0 Å². The minimum atomic E-state index is -0.0633. The van der Waals surface area contributed by atoms with Gasteiger partial charge in [-0.25, -0.2) is 4.39 Å². The quantitative estimate of drug-likeness (QED) is 0.733. The number of halogens is 4. The van der Waals surface area contributed by atoms with Gasteiger partial charge in [0.2, 0.25) is 0 Å². The maximum absolute atomic E-state index is 14.7. The molecule has 1 aliphatic heterocycles. The van der Waals surface area contributed by atoms with Gasteiger partial charge in [0.25, 0.3) is 0 Å². The molecule has 1 aromatic carbocycles.